The van der Waals surface area contributed by atoms with Crippen LogP contribution in [0.2, 0.25) is 0 Å². The molecular formula is C12H22N2OS. The Bertz CT molecular complexity index is 285. The fraction of sp³-hybridized carbons (Fsp3) is 0.833. The molecule has 0 aromatic heterocycles. The van der Waals surface area contributed by atoms with Crippen LogP contribution in [0.15, 0.2) is 0 Å². The lowest BCUT2D eigenvalue weighted by Gasteiger charge is -2.34. The van der Waals surface area contributed by atoms with Crippen molar-refractivity contribution >= 4 is 23.1 Å². The van der Waals surface area contributed by atoms with Gasteiger partial charge >= 0.3 is 0 Å². The van der Waals surface area contributed by atoms with Gasteiger partial charge in [-0.25, -0.2) is 0 Å². The van der Waals surface area contributed by atoms with Gasteiger partial charge in [0.1, 0.15) is 0 Å². The van der Waals surface area contributed by atoms with Gasteiger partial charge in [-0.15, -0.1) is 0 Å². The molecule has 1 rings (SSSR count). The summed E-state index contributed by atoms with van der Waals surface area (Å²) >= 11 is 5.12. The maximum absolute atomic E-state index is 12.5. The molecule has 0 spiro atoms. The Kier molecular flexibility index (Phi) is 4.30. The second kappa shape index (κ2) is 5.13. The Morgan fingerprint density at radius 3 is 2.38 bits per heavy atom. The van der Waals surface area contributed by atoms with Crippen molar-refractivity contribution in [3.63, 3.8) is 0 Å². The van der Waals surface area contributed by atoms with Crippen LogP contribution < -0.4 is 5.73 Å². The normalized spacial score (nSPS) is 20.4. The van der Waals surface area contributed by atoms with Crippen molar-refractivity contribution in [3.05, 3.63) is 0 Å². The molecule has 1 atom stereocenters. The van der Waals surface area contributed by atoms with Gasteiger partial charge in [-0.3, -0.25) is 4.79 Å². The van der Waals surface area contributed by atoms with Gasteiger partial charge in [-0.1, -0.05) is 32.0 Å². The zero-order chi connectivity index (χ0) is 12.3. The first kappa shape index (κ1) is 13.4. The third-order valence-corrected chi connectivity index (χ3v) is 4.30. The van der Waals surface area contributed by atoms with E-state index in [9.17, 15) is 4.79 Å². The summed E-state index contributed by atoms with van der Waals surface area (Å²) in [5.74, 6) is 0.117. The largest absolute Gasteiger partial charge is 0.392 e. The summed E-state index contributed by atoms with van der Waals surface area (Å²) in [7, 11) is 1.86. The predicted molar refractivity (Wildman–Crippen MR) is 70.2 cm³/mol. The molecular weight excluding hydrogens is 220 g/mol. The smallest absolute Gasteiger partial charge is 0.235 e. The van der Waals surface area contributed by atoms with Crippen LogP contribution in [0.1, 0.15) is 46.0 Å². The van der Waals surface area contributed by atoms with Crippen molar-refractivity contribution in [2.45, 2.75) is 52.0 Å². The Morgan fingerprint density at radius 2 is 2.00 bits per heavy atom. The van der Waals surface area contributed by atoms with E-state index in [0.717, 1.165) is 32.1 Å². The molecule has 3 nitrogen and oxygen atoms in total. The van der Waals surface area contributed by atoms with Crippen molar-refractivity contribution in [2.75, 3.05) is 7.05 Å². The SMILES string of the molecule is CCC(C)N(C)C(=O)C1(C(N)=S)CCCC1. The first-order chi connectivity index (χ1) is 7.45. The van der Waals surface area contributed by atoms with Gasteiger partial charge in [-0.05, 0) is 26.2 Å². The Balaban J connectivity index is 2.88. The van der Waals surface area contributed by atoms with Crippen LogP contribution in [0.4, 0.5) is 0 Å². The summed E-state index contributed by atoms with van der Waals surface area (Å²) in [5.41, 5.74) is 5.25. The summed E-state index contributed by atoms with van der Waals surface area (Å²) in [6.45, 7) is 4.14. The first-order valence-corrected chi connectivity index (χ1v) is 6.43. The molecule has 0 radical (unpaired) electrons. The average Bonchev–Trinajstić information content (AvgIpc) is 2.76. The van der Waals surface area contributed by atoms with Crippen LogP contribution in [0.3, 0.4) is 0 Å². The number of thiocarbonyl (C=S) groups is 1. The van der Waals surface area contributed by atoms with E-state index in [1.165, 1.54) is 0 Å². The van der Waals surface area contributed by atoms with Crippen molar-refractivity contribution in [1.29, 1.82) is 0 Å². The summed E-state index contributed by atoms with van der Waals surface area (Å²) in [6.07, 6.45) is 4.70. The molecule has 1 aliphatic rings. The number of carbonyl (C=O) groups is 1. The molecule has 1 aliphatic carbocycles. The lowest BCUT2D eigenvalue weighted by Crippen LogP contribution is -2.50. The van der Waals surface area contributed by atoms with E-state index < -0.39 is 5.41 Å². The summed E-state index contributed by atoms with van der Waals surface area (Å²) in [5, 5.41) is 0. The highest BCUT2D eigenvalue weighted by atomic mass is 32.1. The maximum atomic E-state index is 12.5. The summed E-state index contributed by atoms with van der Waals surface area (Å²) in [6, 6.07) is 0.249. The van der Waals surface area contributed by atoms with E-state index in [2.05, 4.69) is 13.8 Å². The summed E-state index contributed by atoms with van der Waals surface area (Å²) < 4.78 is 0. The molecule has 2 N–H and O–H groups in total. The van der Waals surface area contributed by atoms with Gasteiger partial charge in [0.2, 0.25) is 5.91 Å². The van der Waals surface area contributed by atoms with E-state index in [0.29, 0.717) is 4.99 Å². The fourth-order valence-corrected chi connectivity index (χ4v) is 2.65. The van der Waals surface area contributed by atoms with Gasteiger partial charge in [0.05, 0.1) is 10.4 Å². The Morgan fingerprint density at radius 1 is 1.50 bits per heavy atom. The third kappa shape index (κ3) is 2.21. The van der Waals surface area contributed by atoms with Crippen LogP contribution in [0, 0.1) is 5.41 Å². The van der Waals surface area contributed by atoms with E-state index in [1.54, 1.807) is 0 Å². The lowest BCUT2D eigenvalue weighted by molar-refractivity contribution is -0.138. The van der Waals surface area contributed by atoms with E-state index in [-0.39, 0.29) is 11.9 Å². The van der Waals surface area contributed by atoms with Gasteiger partial charge in [0.15, 0.2) is 0 Å². The molecule has 1 saturated carbocycles. The zero-order valence-corrected chi connectivity index (χ0v) is 11.3. The Labute approximate surface area is 103 Å². The zero-order valence-electron chi connectivity index (χ0n) is 10.5. The van der Waals surface area contributed by atoms with Crippen molar-refractivity contribution in [3.8, 4) is 0 Å². The van der Waals surface area contributed by atoms with Crippen LogP contribution >= 0.6 is 12.2 Å². The molecule has 0 heterocycles. The highest BCUT2D eigenvalue weighted by Crippen LogP contribution is 2.40. The number of amides is 1. The van der Waals surface area contributed by atoms with Crippen molar-refractivity contribution in [1.82, 2.24) is 4.90 Å². The second-order valence-electron chi connectivity index (χ2n) is 4.83. The molecule has 0 saturated heterocycles. The summed E-state index contributed by atoms with van der Waals surface area (Å²) in [4.78, 5) is 14.7. The van der Waals surface area contributed by atoms with E-state index in [1.807, 2.05) is 11.9 Å². The molecule has 92 valence electrons. The minimum atomic E-state index is -0.548. The number of rotatable bonds is 4. The molecule has 1 unspecified atom stereocenters. The number of nitrogens with zero attached hydrogens (tertiary/aromatic N) is 1. The molecule has 16 heavy (non-hydrogen) atoms. The predicted octanol–water partition coefficient (Wildman–Crippen LogP) is 2.09. The Hall–Kier alpha value is -0.640. The van der Waals surface area contributed by atoms with Crippen LogP contribution in [0.25, 0.3) is 0 Å². The standard InChI is InChI=1S/C12H22N2OS/c1-4-9(2)14(3)11(15)12(10(13)16)7-5-6-8-12/h9H,4-8H2,1-3H3,(H2,13,16). The topological polar surface area (TPSA) is 46.3 Å². The minimum absolute atomic E-state index is 0.117. The quantitative estimate of drug-likeness (QED) is 0.768. The van der Waals surface area contributed by atoms with Gasteiger partial charge in [0.25, 0.3) is 0 Å². The fourth-order valence-electron chi connectivity index (χ4n) is 2.36. The van der Waals surface area contributed by atoms with Crippen LogP contribution in [-0.4, -0.2) is 28.9 Å². The molecule has 1 amide bonds. The van der Waals surface area contributed by atoms with Crippen molar-refractivity contribution < 1.29 is 4.79 Å². The molecule has 0 aliphatic heterocycles. The highest BCUT2D eigenvalue weighted by Gasteiger charge is 2.45. The number of hydrogen-bond donors (Lipinski definition) is 1. The highest BCUT2D eigenvalue weighted by molar-refractivity contribution is 7.80. The van der Waals surface area contributed by atoms with Crippen molar-refractivity contribution in [2.24, 2.45) is 11.1 Å². The van der Waals surface area contributed by atoms with Gasteiger partial charge in [-0.2, -0.15) is 0 Å². The molecule has 0 aromatic rings. The van der Waals surface area contributed by atoms with Crippen LogP contribution in [0.5, 0.6) is 0 Å². The van der Waals surface area contributed by atoms with Crippen LogP contribution in [-0.2, 0) is 4.79 Å². The molecule has 0 aromatic carbocycles. The average molecular weight is 242 g/mol. The first-order valence-electron chi connectivity index (χ1n) is 6.03. The van der Waals surface area contributed by atoms with Gasteiger partial charge in [0, 0.05) is 13.1 Å². The molecule has 4 heteroatoms. The monoisotopic (exact) mass is 242 g/mol. The van der Waals surface area contributed by atoms with E-state index in [4.69, 9.17) is 18.0 Å². The molecule has 1 fully saturated rings. The van der Waals surface area contributed by atoms with E-state index >= 15 is 0 Å². The minimum Gasteiger partial charge on any atom is -0.392 e. The third-order valence-electron chi connectivity index (χ3n) is 3.91. The van der Waals surface area contributed by atoms with Gasteiger partial charge < -0.3 is 10.6 Å². The number of carbonyl (C=O) groups excluding carboxylic acids is 1. The second-order valence-corrected chi connectivity index (χ2v) is 5.27. The lowest BCUT2D eigenvalue weighted by atomic mass is 9.84. The molecule has 0 bridgehead atoms. The number of hydrogen-bond acceptors (Lipinski definition) is 2. The maximum Gasteiger partial charge on any atom is 0.235 e. The number of nitrogens with two attached hydrogens (primary N) is 1.